The summed E-state index contributed by atoms with van der Waals surface area (Å²) in [5.41, 5.74) is 0. The van der Waals surface area contributed by atoms with Gasteiger partial charge in [-0.05, 0) is 6.92 Å². The van der Waals surface area contributed by atoms with Crippen LogP contribution in [0.3, 0.4) is 0 Å². The van der Waals surface area contributed by atoms with Crippen molar-refractivity contribution in [3.8, 4) is 0 Å². The third-order valence-corrected chi connectivity index (χ3v) is 0.957. The Balaban J connectivity index is 3.39. The van der Waals surface area contributed by atoms with Crippen LogP contribution in [-0.2, 0) is 15.7 Å². The molecule has 0 aliphatic carbocycles. The minimum atomic E-state index is -1.32. The van der Waals surface area contributed by atoms with Crippen molar-refractivity contribution in [1.29, 1.82) is 0 Å². The molecule has 0 aromatic rings. The molecule has 0 radical (unpaired) electrons. The highest BCUT2D eigenvalue weighted by molar-refractivity contribution is 7.82. The smallest absolute Gasteiger partial charge is 0.419 e. The highest BCUT2D eigenvalue weighted by Crippen LogP contribution is 1.75. The predicted octanol–water partition coefficient (Wildman–Crippen LogP) is 0.0260. The fourth-order valence-electron chi connectivity index (χ4n) is 0.278. The highest BCUT2D eigenvalue weighted by Gasteiger charge is 1.98. The Hall–Kier alpha value is -0.580. The zero-order chi connectivity index (χ0) is 7.28. The van der Waals surface area contributed by atoms with Gasteiger partial charge in [0.05, 0.1) is 6.61 Å². The van der Waals surface area contributed by atoms with Gasteiger partial charge in [0.15, 0.2) is 0 Å². The molecule has 0 aromatic heterocycles. The maximum atomic E-state index is 10.3. The molecule has 1 amide bonds. The average Bonchev–Trinajstić information content (AvgIpc) is 1.63. The van der Waals surface area contributed by atoms with Crippen LogP contribution in [0.25, 0.3) is 0 Å². The van der Waals surface area contributed by atoms with E-state index >= 15 is 0 Å². The normalized spacial score (nSPS) is 12.2. The fraction of sp³-hybridized carbons (Fsp3) is 0.750. The zero-order valence-electron chi connectivity index (χ0n) is 5.34. The summed E-state index contributed by atoms with van der Waals surface area (Å²) in [5, 5.41) is 0. The molecule has 1 N–H and O–H groups in total. The summed E-state index contributed by atoms with van der Waals surface area (Å²) in [4.78, 5) is 10.3. The Morgan fingerprint density at radius 2 is 2.33 bits per heavy atom. The van der Waals surface area contributed by atoms with Gasteiger partial charge in [0.1, 0.15) is 11.0 Å². The third-order valence-electron chi connectivity index (χ3n) is 0.502. The van der Waals surface area contributed by atoms with Gasteiger partial charge >= 0.3 is 6.09 Å². The van der Waals surface area contributed by atoms with Gasteiger partial charge in [-0.3, -0.25) is 0 Å². The van der Waals surface area contributed by atoms with Gasteiger partial charge in [-0.25, -0.2) is 13.7 Å². The minimum absolute atomic E-state index is 0.295. The first-order valence-electron chi connectivity index (χ1n) is 2.43. The molecule has 0 aliphatic heterocycles. The van der Waals surface area contributed by atoms with Crippen LogP contribution in [0.2, 0.25) is 0 Å². The molecule has 0 fully saturated rings. The molecule has 4 nitrogen and oxygen atoms in total. The Bertz CT molecular complexity index is 125. The van der Waals surface area contributed by atoms with E-state index in [9.17, 15) is 9.00 Å². The van der Waals surface area contributed by atoms with Crippen molar-refractivity contribution < 1.29 is 13.7 Å². The van der Waals surface area contributed by atoms with Crippen LogP contribution < -0.4 is 4.72 Å². The molecule has 1 unspecified atom stereocenters. The van der Waals surface area contributed by atoms with E-state index in [1.54, 1.807) is 6.92 Å². The van der Waals surface area contributed by atoms with Crippen LogP contribution in [0, 0.1) is 0 Å². The van der Waals surface area contributed by atoms with E-state index < -0.39 is 17.1 Å². The van der Waals surface area contributed by atoms with Crippen molar-refractivity contribution in [1.82, 2.24) is 4.72 Å². The number of carbonyl (C=O) groups is 1. The van der Waals surface area contributed by atoms with Crippen LogP contribution in [0.4, 0.5) is 4.79 Å². The van der Waals surface area contributed by atoms with E-state index in [1.165, 1.54) is 6.26 Å². The first-order valence-corrected chi connectivity index (χ1v) is 3.99. The minimum Gasteiger partial charge on any atom is -0.449 e. The molecule has 0 aliphatic rings. The lowest BCUT2D eigenvalue weighted by Gasteiger charge is -1.99. The Morgan fingerprint density at radius 1 is 1.78 bits per heavy atom. The second-order valence-corrected chi connectivity index (χ2v) is 2.39. The molecular weight excluding hydrogens is 142 g/mol. The number of carbonyl (C=O) groups excluding carboxylic acids is 1. The summed E-state index contributed by atoms with van der Waals surface area (Å²) < 4.78 is 16.7. The molecule has 0 heterocycles. The van der Waals surface area contributed by atoms with Crippen LogP contribution in [0.15, 0.2) is 0 Å². The predicted molar refractivity (Wildman–Crippen MR) is 34.2 cm³/mol. The van der Waals surface area contributed by atoms with Crippen LogP contribution in [0.5, 0.6) is 0 Å². The van der Waals surface area contributed by atoms with Crippen LogP contribution in [0.1, 0.15) is 6.92 Å². The Labute approximate surface area is 56.2 Å². The van der Waals surface area contributed by atoms with Crippen LogP contribution >= 0.6 is 0 Å². The van der Waals surface area contributed by atoms with Gasteiger partial charge in [-0.15, -0.1) is 0 Å². The summed E-state index contributed by atoms with van der Waals surface area (Å²) in [6, 6.07) is 0. The van der Waals surface area contributed by atoms with Gasteiger partial charge in [-0.1, -0.05) is 0 Å². The maximum Gasteiger partial charge on any atom is 0.419 e. The van der Waals surface area contributed by atoms with Crippen molar-refractivity contribution in [2.75, 3.05) is 12.9 Å². The monoisotopic (exact) mass is 151 g/mol. The molecule has 0 aromatic carbocycles. The maximum absolute atomic E-state index is 10.3. The lowest BCUT2D eigenvalue weighted by molar-refractivity contribution is 0.159. The number of hydrogen-bond acceptors (Lipinski definition) is 3. The second kappa shape index (κ2) is 4.31. The van der Waals surface area contributed by atoms with Crippen molar-refractivity contribution in [3.05, 3.63) is 0 Å². The van der Waals surface area contributed by atoms with Gasteiger partial charge in [0.25, 0.3) is 0 Å². The lowest BCUT2D eigenvalue weighted by atomic mass is 10.9. The van der Waals surface area contributed by atoms with E-state index in [-0.39, 0.29) is 0 Å². The Morgan fingerprint density at radius 3 is 2.67 bits per heavy atom. The molecule has 0 bridgehead atoms. The topological polar surface area (TPSA) is 55.4 Å². The number of amides is 1. The number of hydrogen-bond donors (Lipinski definition) is 1. The number of ether oxygens (including phenoxy) is 1. The Kier molecular flexibility index (Phi) is 4.04. The summed E-state index contributed by atoms with van der Waals surface area (Å²) in [7, 11) is -1.32. The van der Waals surface area contributed by atoms with E-state index in [2.05, 4.69) is 9.46 Å². The lowest BCUT2D eigenvalue weighted by Crippen LogP contribution is -2.25. The molecular formula is C4H9NO3S. The molecule has 0 saturated carbocycles. The average molecular weight is 151 g/mol. The summed E-state index contributed by atoms with van der Waals surface area (Å²) in [6.45, 7) is 1.97. The van der Waals surface area contributed by atoms with E-state index in [4.69, 9.17) is 0 Å². The van der Waals surface area contributed by atoms with Crippen molar-refractivity contribution in [2.24, 2.45) is 0 Å². The molecule has 1 atom stereocenters. The number of rotatable bonds is 2. The molecule has 9 heavy (non-hydrogen) atoms. The van der Waals surface area contributed by atoms with Crippen molar-refractivity contribution in [3.63, 3.8) is 0 Å². The SMILES string of the molecule is CCOC(=O)NS(C)=O. The first-order chi connectivity index (χ1) is 4.16. The van der Waals surface area contributed by atoms with Gasteiger partial charge < -0.3 is 4.74 Å². The highest BCUT2D eigenvalue weighted by atomic mass is 32.2. The third kappa shape index (κ3) is 5.29. The van der Waals surface area contributed by atoms with Gasteiger partial charge in [-0.2, -0.15) is 0 Å². The van der Waals surface area contributed by atoms with E-state index in [0.29, 0.717) is 6.61 Å². The van der Waals surface area contributed by atoms with E-state index in [1.807, 2.05) is 0 Å². The molecule has 5 heteroatoms. The summed E-state index contributed by atoms with van der Waals surface area (Å²) in [5.74, 6) is 0. The molecule has 0 saturated heterocycles. The van der Waals surface area contributed by atoms with Crippen molar-refractivity contribution >= 4 is 17.1 Å². The van der Waals surface area contributed by atoms with Crippen LogP contribution in [-0.4, -0.2) is 23.2 Å². The summed E-state index contributed by atoms with van der Waals surface area (Å²) in [6.07, 6.45) is 0.718. The molecule has 0 rings (SSSR count). The quantitative estimate of drug-likeness (QED) is 0.605. The van der Waals surface area contributed by atoms with Crippen molar-refractivity contribution in [2.45, 2.75) is 6.92 Å². The first kappa shape index (κ1) is 8.42. The van der Waals surface area contributed by atoms with Gasteiger partial charge in [0.2, 0.25) is 0 Å². The summed E-state index contributed by atoms with van der Waals surface area (Å²) >= 11 is 0. The molecule has 54 valence electrons. The second-order valence-electron chi connectivity index (χ2n) is 1.28. The largest absolute Gasteiger partial charge is 0.449 e. The van der Waals surface area contributed by atoms with Gasteiger partial charge in [0, 0.05) is 6.26 Å². The zero-order valence-corrected chi connectivity index (χ0v) is 6.16. The fourth-order valence-corrected chi connectivity index (χ4v) is 0.572. The molecule has 0 spiro atoms. The standard InChI is InChI=1S/C4H9NO3S/c1-3-8-4(6)5-9(2)7/h3H2,1-2H3,(H,5,6). The number of nitrogens with one attached hydrogen (secondary N) is 1. The van der Waals surface area contributed by atoms with E-state index in [0.717, 1.165) is 0 Å².